The lowest BCUT2D eigenvalue weighted by atomic mass is 9.80. The van der Waals surface area contributed by atoms with E-state index in [1.54, 1.807) is 0 Å². The van der Waals surface area contributed by atoms with E-state index < -0.39 is 0 Å². The first kappa shape index (κ1) is 15.3. The van der Waals surface area contributed by atoms with Gasteiger partial charge in [-0.15, -0.1) is 0 Å². The fourth-order valence-electron chi connectivity index (χ4n) is 3.94. The van der Waals surface area contributed by atoms with Crippen molar-refractivity contribution in [2.75, 3.05) is 19.6 Å². The van der Waals surface area contributed by atoms with Gasteiger partial charge in [0, 0.05) is 25.2 Å². The normalized spacial score (nSPS) is 34.1. The van der Waals surface area contributed by atoms with Crippen LogP contribution in [0.25, 0.3) is 0 Å². The Morgan fingerprint density at radius 1 is 1.21 bits per heavy atom. The minimum Gasteiger partial charge on any atom is -0.392 e. The molecule has 0 spiro atoms. The monoisotopic (exact) mass is 268 g/mol. The van der Waals surface area contributed by atoms with Crippen LogP contribution in [0.4, 0.5) is 0 Å². The number of aliphatic hydroxyl groups is 1. The molecule has 0 aliphatic carbocycles. The van der Waals surface area contributed by atoms with Gasteiger partial charge in [0.05, 0.1) is 6.10 Å². The molecule has 0 aromatic carbocycles. The van der Waals surface area contributed by atoms with E-state index in [0.717, 1.165) is 19.5 Å². The summed E-state index contributed by atoms with van der Waals surface area (Å²) in [5, 5.41) is 13.2. The lowest BCUT2D eigenvalue weighted by Gasteiger charge is -2.41. The van der Waals surface area contributed by atoms with Crippen molar-refractivity contribution >= 4 is 0 Å². The highest BCUT2D eigenvalue weighted by atomic mass is 16.3. The van der Waals surface area contributed by atoms with Crippen molar-refractivity contribution in [1.82, 2.24) is 10.2 Å². The van der Waals surface area contributed by atoms with E-state index >= 15 is 0 Å². The van der Waals surface area contributed by atoms with Crippen molar-refractivity contribution in [2.45, 2.75) is 72.1 Å². The van der Waals surface area contributed by atoms with Crippen molar-refractivity contribution in [3.8, 4) is 0 Å². The van der Waals surface area contributed by atoms with Gasteiger partial charge in [-0.2, -0.15) is 0 Å². The molecule has 2 aliphatic heterocycles. The Morgan fingerprint density at radius 3 is 2.42 bits per heavy atom. The molecular formula is C16H32N2O. The average Bonchev–Trinajstić information content (AvgIpc) is 2.85. The molecule has 0 radical (unpaired) electrons. The minimum atomic E-state index is -0.152. The Morgan fingerprint density at radius 2 is 1.89 bits per heavy atom. The molecule has 2 N–H and O–H groups in total. The maximum absolute atomic E-state index is 9.73. The molecule has 2 fully saturated rings. The topological polar surface area (TPSA) is 35.5 Å². The lowest BCUT2D eigenvalue weighted by molar-refractivity contribution is 0.0791. The third-order valence-electron chi connectivity index (χ3n) is 5.02. The number of nitrogens with zero attached hydrogens (tertiary/aromatic N) is 1. The van der Waals surface area contributed by atoms with Crippen LogP contribution in [0.2, 0.25) is 0 Å². The maximum atomic E-state index is 9.73. The van der Waals surface area contributed by atoms with E-state index in [1.165, 1.54) is 19.4 Å². The first-order valence-electron chi connectivity index (χ1n) is 7.85. The van der Waals surface area contributed by atoms with Gasteiger partial charge in [0.1, 0.15) is 0 Å². The van der Waals surface area contributed by atoms with Gasteiger partial charge in [-0.05, 0) is 36.6 Å². The number of aliphatic hydroxyl groups excluding tert-OH is 1. The summed E-state index contributed by atoms with van der Waals surface area (Å²) in [5.74, 6) is 0. The average molecular weight is 268 g/mol. The summed E-state index contributed by atoms with van der Waals surface area (Å²) in [4.78, 5) is 2.69. The Kier molecular flexibility index (Phi) is 4.29. The van der Waals surface area contributed by atoms with E-state index in [1.807, 2.05) is 0 Å². The van der Waals surface area contributed by atoms with Crippen LogP contribution in [0.5, 0.6) is 0 Å². The van der Waals surface area contributed by atoms with E-state index in [-0.39, 0.29) is 11.5 Å². The summed E-state index contributed by atoms with van der Waals surface area (Å²) in [5.41, 5.74) is 0.598. The van der Waals surface area contributed by atoms with Gasteiger partial charge in [-0.1, -0.05) is 34.6 Å². The predicted octanol–water partition coefficient (Wildman–Crippen LogP) is 2.25. The Balaban J connectivity index is 1.99. The van der Waals surface area contributed by atoms with Crippen molar-refractivity contribution in [2.24, 2.45) is 10.8 Å². The number of β-amino-alcohol motifs (C(OH)–C–C–N with tert-alkyl or cyclic N) is 1. The maximum Gasteiger partial charge on any atom is 0.0679 e. The molecule has 0 saturated carbocycles. The smallest absolute Gasteiger partial charge is 0.0679 e. The third-order valence-corrected chi connectivity index (χ3v) is 5.02. The van der Waals surface area contributed by atoms with Crippen molar-refractivity contribution in [3.05, 3.63) is 0 Å². The van der Waals surface area contributed by atoms with E-state index in [9.17, 15) is 5.11 Å². The van der Waals surface area contributed by atoms with Crippen LogP contribution in [0.15, 0.2) is 0 Å². The second-order valence-corrected chi connectivity index (χ2v) is 8.33. The standard InChI is InChI=1S/C16H32N2O/c1-15(2,3)14-7-6-8-18(14)11-16(4,5)13-9-12(19)10-17-13/h12-14,17,19H,6-11H2,1-5H3. The van der Waals surface area contributed by atoms with E-state index in [0.29, 0.717) is 17.5 Å². The summed E-state index contributed by atoms with van der Waals surface area (Å²) >= 11 is 0. The highest BCUT2D eigenvalue weighted by molar-refractivity contribution is 4.97. The summed E-state index contributed by atoms with van der Waals surface area (Å²) in [6.45, 7) is 14.9. The van der Waals surface area contributed by atoms with Gasteiger partial charge >= 0.3 is 0 Å². The van der Waals surface area contributed by atoms with Gasteiger partial charge in [0.15, 0.2) is 0 Å². The first-order valence-corrected chi connectivity index (χ1v) is 7.85. The number of likely N-dealkylation sites (tertiary alicyclic amines) is 1. The predicted molar refractivity (Wildman–Crippen MR) is 80.2 cm³/mol. The van der Waals surface area contributed by atoms with Crippen molar-refractivity contribution in [1.29, 1.82) is 0 Å². The van der Waals surface area contributed by atoms with E-state index in [2.05, 4.69) is 44.8 Å². The molecule has 3 unspecified atom stereocenters. The van der Waals surface area contributed by atoms with Gasteiger partial charge in [-0.3, -0.25) is 4.90 Å². The Bertz CT molecular complexity index is 308. The van der Waals surface area contributed by atoms with E-state index in [4.69, 9.17) is 0 Å². The zero-order chi connectivity index (χ0) is 14.3. The molecule has 3 nitrogen and oxygen atoms in total. The fourth-order valence-corrected chi connectivity index (χ4v) is 3.94. The second kappa shape index (κ2) is 5.34. The molecule has 2 heterocycles. The molecule has 3 heteroatoms. The van der Waals surface area contributed by atoms with Crippen LogP contribution in [0.3, 0.4) is 0 Å². The van der Waals surface area contributed by atoms with Gasteiger partial charge in [-0.25, -0.2) is 0 Å². The number of hydrogen-bond donors (Lipinski definition) is 2. The lowest BCUT2D eigenvalue weighted by Crippen LogP contribution is -2.49. The molecule has 2 saturated heterocycles. The molecule has 0 amide bonds. The largest absolute Gasteiger partial charge is 0.392 e. The summed E-state index contributed by atoms with van der Waals surface area (Å²) in [6.07, 6.45) is 3.42. The quantitative estimate of drug-likeness (QED) is 0.824. The zero-order valence-corrected chi connectivity index (χ0v) is 13.4. The molecule has 112 valence electrons. The Labute approximate surface area is 118 Å². The number of hydrogen-bond acceptors (Lipinski definition) is 3. The highest BCUT2D eigenvalue weighted by Crippen LogP contribution is 2.36. The van der Waals surface area contributed by atoms with Gasteiger partial charge in [0.2, 0.25) is 0 Å². The van der Waals surface area contributed by atoms with Gasteiger partial charge in [0.25, 0.3) is 0 Å². The summed E-state index contributed by atoms with van der Waals surface area (Å²) < 4.78 is 0. The van der Waals surface area contributed by atoms with Crippen LogP contribution in [0.1, 0.15) is 53.9 Å². The van der Waals surface area contributed by atoms with Crippen LogP contribution in [0, 0.1) is 10.8 Å². The molecule has 0 bridgehead atoms. The molecule has 3 atom stereocenters. The molecular weight excluding hydrogens is 236 g/mol. The molecule has 0 aromatic rings. The summed E-state index contributed by atoms with van der Waals surface area (Å²) in [7, 11) is 0. The van der Waals surface area contributed by atoms with Crippen molar-refractivity contribution < 1.29 is 5.11 Å². The minimum absolute atomic E-state index is 0.152. The highest BCUT2D eigenvalue weighted by Gasteiger charge is 2.41. The fraction of sp³-hybridized carbons (Fsp3) is 1.00. The van der Waals surface area contributed by atoms with Crippen molar-refractivity contribution in [3.63, 3.8) is 0 Å². The van der Waals surface area contributed by atoms with Crippen LogP contribution < -0.4 is 5.32 Å². The molecule has 2 aliphatic rings. The summed E-state index contributed by atoms with van der Waals surface area (Å²) in [6, 6.07) is 1.15. The van der Waals surface area contributed by atoms with Crippen LogP contribution in [-0.2, 0) is 0 Å². The van der Waals surface area contributed by atoms with Crippen LogP contribution >= 0.6 is 0 Å². The first-order chi connectivity index (χ1) is 8.70. The number of nitrogens with one attached hydrogen (secondary N) is 1. The second-order valence-electron chi connectivity index (χ2n) is 8.33. The zero-order valence-electron chi connectivity index (χ0n) is 13.4. The van der Waals surface area contributed by atoms with Crippen LogP contribution in [-0.4, -0.2) is 47.8 Å². The van der Waals surface area contributed by atoms with Gasteiger partial charge < -0.3 is 10.4 Å². The SMILES string of the molecule is CC(C)(C)C1CCCN1CC(C)(C)C1CC(O)CN1. The number of rotatable bonds is 3. The third kappa shape index (κ3) is 3.50. The molecule has 0 aromatic heterocycles. The Hall–Kier alpha value is -0.120. The molecule has 2 rings (SSSR count). The molecule has 19 heavy (non-hydrogen) atoms.